The van der Waals surface area contributed by atoms with Crippen molar-refractivity contribution in [3.63, 3.8) is 0 Å². The average Bonchev–Trinajstić information content (AvgIpc) is 2.47. The first kappa shape index (κ1) is 14.2. The highest BCUT2D eigenvalue weighted by molar-refractivity contribution is 8.14. The summed E-state index contributed by atoms with van der Waals surface area (Å²) >= 11 is 1.84. The monoisotopic (exact) mass is 274 g/mol. The predicted octanol–water partition coefficient (Wildman–Crippen LogP) is 4.47. The van der Waals surface area contributed by atoms with E-state index < -0.39 is 0 Å². The first-order valence-electron chi connectivity index (χ1n) is 7.01. The van der Waals surface area contributed by atoms with E-state index in [1.54, 1.807) is 0 Å². The van der Waals surface area contributed by atoms with Crippen LogP contribution in [0.4, 0.5) is 5.69 Å². The summed E-state index contributed by atoms with van der Waals surface area (Å²) in [4.78, 5) is 7.23. The van der Waals surface area contributed by atoms with Gasteiger partial charge in [0.2, 0.25) is 0 Å². The van der Waals surface area contributed by atoms with Crippen LogP contribution in [-0.2, 0) is 0 Å². The summed E-state index contributed by atoms with van der Waals surface area (Å²) in [6, 6.07) is 10.2. The number of thioether (sulfide) groups is 1. The number of nitrogens with zero attached hydrogens (tertiary/aromatic N) is 2. The molecule has 1 heterocycles. The second-order valence-electron chi connectivity index (χ2n) is 4.75. The molecule has 0 N–H and O–H groups in total. The van der Waals surface area contributed by atoms with Gasteiger partial charge in [0.25, 0.3) is 0 Å². The number of amidine groups is 1. The molecule has 1 aromatic carbocycles. The fourth-order valence-electron chi connectivity index (χ4n) is 2.08. The molecule has 0 aliphatic carbocycles. The van der Waals surface area contributed by atoms with Crippen LogP contribution in [0, 0.1) is 0 Å². The second-order valence-corrected chi connectivity index (χ2v) is 5.96. The largest absolute Gasteiger partial charge is 0.351 e. The topological polar surface area (TPSA) is 15.6 Å². The lowest BCUT2D eigenvalue weighted by atomic mass is 10.2. The van der Waals surface area contributed by atoms with Gasteiger partial charge in [-0.2, -0.15) is 0 Å². The van der Waals surface area contributed by atoms with Crippen LogP contribution in [0.1, 0.15) is 26.2 Å². The van der Waals surface area contributed by atoms with Gasteiger partial charge >= 0.3 is 0 Å². The Hall–Kier alpha value is -1.22. The number of unbranched alkanes of at least 4 members (excludes halogenated alkanes) is 1. The molecular formula is C16H22N2S. The molecule has 102 valence electrons. The quantitative estimate of drug-likeness (QED) is 0.736. The first-order chi connectivity index (χ1) is 9.33. The summed E-state index contributed by atoms with van der Waals surface area (Å²) in [5, 5.41) is 1.65. The van der Waals surface area contributed by atoms with Crippen molar-refractivity contribution in [2.45, 2.75) is 31.4 Å². The molecule has 0 bridgehead atoms. The summed E-state index contributed by atoms with van der Waals surface area (Å²) in [5.41, 5.74) is 1.04. The molecule has 0 radical (unpaired) electrons. The first-order valence-corrected chi connectivity index (χ1v) is 7.89. The van der Waals surface area contributed by atoms with E-state index in [-0.39, 0.29) is 0 Å². The van der Waals surface area contributed by atoms with Crippen molar-refractivity contribution in [3.05, 3.63) is 43.0 Å². The minimum atomic E-state index is 0.500. The second kappa shape index (κ2) is 7.39. The molecule has 3 heteroatoms. The molecule has 0 spiro atoms. The third-order valence-corrected chi connectivity index (χ3v) is 4.53. The van der Waals surface area contributed by atoms with Gasteiger partial charge < -0.3 is 4.90 Å². The Bertz CT molecular complexity index is 428. The molecule has 1 aliphatic heterocycles. The van der Waals surface area contributed by atoms with Crippen molar-refractivity contribution in [2.75, 3.05) is 13.1 Å². The Morgan fingerprint density at radius 1 is 1.42 bits per heavy atom. The molecule has 1 aromatic rings. The van der Waals surface area contributed by atoms with Gasteiger partial charge in [-0.15, -0.1) is 6.58 Å². The Morgan fingerprint density at radius 3 is 2.89 bits per heavy atom. The fraction of sp³-hybridized carbons (Fsp3) is 0.438. The summed E-state index contributed by atoms with van der Waals surface area (Å²) in [6.45, 7) is 8.36. The smallest absolute Gasteiger partial charge is 0.164 e. The van der Waals surface area contributed by atoms with Gasteiger partial charge in [-0.25, -0.2) is 4.99 Å². The van der Waals surface area contributed by atoms with E-state index in [1.807, 2.05) is 36.0 Å². The zero-order chi connectivity index (χ0) is 13.5. The number of aliphatic imine (C=N–C) groups is 1. The van der Waals surface area contributed by atoms with Crippen molar-refractivity contribution in [3.8, 4) is 0 Å². The Morgan fingerprint density at radius 2 is 2.21 bits per heavy atom. The fourth-order valence-corrected chi connectivity index (χ4v) is 3.16. The third-order valence-electron chi connectivity index (χ3n) is 3.24. The highest BCUT2D eigenvalue weighted by atomic mass is 32.2. The van der Waals surface area contributed by atoms with Crippen molar-refractivity contribution >= 4 is 22.6 Å². The van der Waals surface area contributed by atoms with Crippen molar-refractivity contribution in [1.29, 1.82) is 0 Å². The van der Waals surface area contributed by atoms with Crippen molar-refractivity contribution in [1.82, 2.24) is 4.90 Å². The maximum absolute atomic E-state index is 4.81. The minimum Gasteiger partial charge on any atom is -0.351 e. The van der Waals surface area contributed by atoms with E-state index in [0.717, 1.165) is 23.9 Å². The minimum absolute atomic E-state index is 0.500. The van der Waals surface area contributed by atoms with Crippen LogP contribution in [0.5, 0.6) is 0 Å². The standard InChI is InChI=1S/C16H22N2S/c1-3-5-12-18-13-11-15(4-2)19-16(18)17-14-9-7-6-8-10-14/h4,6-10,15H,2-3,5,11-13H2,1H3. The van der Waals surface area contributed by atoms with Crippen LogP contribution in [0.3, 0.4) is 0 Å². The van der Waals surface area contributed by atoms with E-state index in [0.29, 0.717) is 5.25 Å². The maximum Gasteiger partial charge on any atom is 0.164 e. The molecule has 1 saturated heterocycles. The third kappa shape index (κ3) is 4.13. The lowest BCUT2D eigenvalue weighted by Gasteiger charge is -2.33. The number of benzene rings is 1. The van der Waals surface area contributed by atoms with Crippen LogP contribution in [-0.4, -0.2) is 28.4 Å². The average molecular weight is 274 g/mol. The number of para-hydroxylation sites is 1. The Balaban J connectivity index is 2.14. The van der Waals surface area contributed by atoms with Crippen LogP contribution >= 0.6 is 11.8 Å². The lowest BCUT2D eigenvalue weighted by molar-refractivity contribution is 0.404. The van der Waals surface area contributed by atoms with Crippen LogP contribution in [0.15, 0.2) is 48.0 Å². The molecule has 1 unspecified atom stereocenters. The van der Waals surface area contributed by atoms with Crippen molar-refractivity contribution < 1.29 is 0 Å². The zero-order valence-corrected chi connectivity index (χ0v) is 12.4. The normalized spacial score (nSPS) is 21.6. The van der Waals surface area contributed by atoms with Gasteiger partial charge in [-0.1, -0.05) is 49.4 Å². The van der Waals surface area contributed by atoms with Crippen LogP contribution in [0.25, 0.3) is 0 Å². The molecule has 2 rings (SSSR count). The molecule has 0 aromatic heterocycles. The van der Waals surface area contributed by atoms with E-state index >= 15 is 0 Å². The van der Waals surface area contributed by atoms with Gasteiger partial charge in [-0.3, -0.25) is 0 Å². The SMILES string of the molecule is C=CC1CCN(CCCC)C(=Nc2ccccc2)S1. The number of rotatable bonds is 5. The summed E-state index contributed by atoms with van der Waals surface area (Å²) in [6.07, 6.45) is 5.67. The van der Waals surface area contributed by atoms with Crippen molar-refractivity contribution in [2.24, 2.45) is 4.99 Å². The Labute approximate surface area is 120 Å². The highest BCUT2D eigenvalue weighted by Gasteiger charge is 2.22. The van der Waals surface area contributed by atoms with Crippen LogP contribution in [0.2, 0.25) is 0 Å². The molecule has 19 heavy (non-hydrogen) atoms. The maximum atomic E-state index is 4.81. The van der Waals surface area contributed by atoms with Gasteiger partial charge in [0.05, 0.1) is 5.69 Å². The summed E-state index contributed by atoms with van der Waals surface area (Å²) in [7, 11) is 0. The summed E-state index contributed by atoms with van der Waals surface area (Å²) < 4.78 is 0. The number of hydrogen-bond donors (Lipinski definition) is 0. The lowest BCUT2D eigenvalue weighted by Crippen LogP contribution is -2.37. The molecule has 1 fully saturated rings. The van der Waals surface area contributed by atoms with E-state index in [2.05, 4.69) is 30.5 Å². The zero-order valence-electron chi connectivity index (χ0n) is 11.6. The molecule has 2 nitrogen and oxygen atoms in total. The van der Waals surface area contributed by atoms with Gasteiger partial charge in [0.1, 0.15) is 0 Å². The van der Waals surface area contributed by atoms with E-state index in [1.165, 1.54) is 19.3 Å². The molecule has 0 amide bonds. The molecule has 0 saturated carbocycles. The Kier molecular flexibility index (Phi) is 5.52. The van der Waals surface area contributed by atoms with Gasteiger partial charge in [-0.05, 0) is 25.0 Å². The molecular weight excluding hydrogens is 252 g/mol. The highest BCUT2D eigenvalue weighted by Crippen LogP contribution is 2.28. The van der Waals surface area contributed by atoms with Gasteiger partial charge in [0, 0.05) is 18.3 Å². The van der Waals surface area contributed by atoms with E-state index in [9.17, 15) is 0 Å². The van der Waals surface area contributed by atoms with Crippen LogP contribution < -0.4 is 0 Å². The number of hydrogen-bond acceptors (Lipinski definition) is 2. The molecule has 1 atom stereocenters. The summed E-state index contributed by atoms with van der Waals surface area (Å²) in [5.74, 6) is 0. The molecule has 1 aliphatic rings. The predicted molar refractivity (Wildman–Crippen MR) is 86.2 cm³/mol. The van der Waals surface area contributed by atoms with E-state index in [4.69, 9.17) is 4.99 Å². The van der Waals surface area contributed by atoms with Gasteiger partial charge in [0.15, 0.2) is 5.17 Å².